The van der Waals surface area contributed by atoms with Crippen molar-refractivity contribution in [1.82, 2.24) is 0 Å². The second-order valence-electron chi connectivity index (χ2n) is 5.26. The monoisotopic (exact) mass is 231 g/mol. The Bertz CT molecular complexity index is 409. The van der Waals surface area contributed by atoms with Crippen LogP contribution >= 0.6 is 0 Å². The van der Waals surface area contributed by atoms with Crippen LogP contribution < -0.4 is 5.32 Å². The van der Waals surface area contributed by atoms with E-state index in [0.717, 1.165) is 37.1 Å². The van der Waals surface area contributed by atoms with Gasteiger partial charge in [0.2, 0.25) is 0 Å². The molecule has 0 saturated carbocycles. The van der Waals surface area contributed by atoms with Gasteiger partial charge < -0.3 is 5.32 Å². The van der Waals surface area contributed by atoms with Gasteiger partial charge in [-0.2, -0.15) is 0 Å². The van der Waals surface area contributed by atoms with E-state index in [1.54, 1.807) is 0 Å². The van der Waals surface area contributed by atoms with E-state index in [1.807, 2.05) is 12.1 Å². The second kappa shape index (κ2) is 5.35. The van der Waals surface area contributed by atoms with Crippen molar-refractivity contribution in [3.05, 3.63) is 29.3 Å². The van der Waals surface area contributed by atoms with E-state index < -0.39 is 0 Å². The number of nitrogens with one attached hydrogen (secondary N) is 1. The number of fused-ring (bicyclic) bond motifs is 1. The lowest BCUT2D eigenvalue weighted by molar-refractivity contribution is 0.0978. The summed E-state index contributed by atoms with van der Waals surface area (Å²) in [5, 5.41) is 3.32. The summed E-state index contributed by atoms with van der Waals surface area (Å²) in [5.74, 6) is 0.964. The average Bonchev–Trinajstić information content (AvgIpc) is 2.75. The maximum absolute atomic E-state index is 12.0. The normalized spacial score (nSPS) is 13.6. The fourth-order valence-electron chi connectivity index (χ4n) is 2.28. The van der Waals surface area contributed by atoms with Crippen LogP contribution in [0.2, 0.25) is 0 Å². The lowest BCUT2D eigenvalue weighted by Gasteiger charge is -2.06. The molecule has 1 N–H and O–H groups in total. The summed E-state index contributed by atoms with van der Waals surface area (Å²) in [5.41, 5.74) is 3.35. The molecular weight excluding hydrogens is 210 g/mol. The highest BCUT2D eigenvalue weighted by atomic mass is 16.1. The number of ketones is 1. The zero-order chi connectivity index (χ0) is 12.3. The Balaban J connectivity index is 1.95. The third kappa shape index (κ3) is 3.09. The summed E-state index contributed by atoms with van der Waals surface area (Å²) in [6, 6.07) is 6.08. The number of carbonyl (C=O) groups is 1. The Morgan fingerprint density at radius 1 is 1.41 bits per heavy atom. The minimum absolute atomic E-state index is 0.280. The van der Waals surface area contributed by atoms with Gasteiger partial charge in [0.25, 0.3) is 0 Å². The fraction of sp³-hybridized carbons (Fsp3) is 0.533. The maximum atomic E-state index is 12.0. The summed E-state index contributed by atoms with van der Waals surface area (Å²) >= 11 is 0. The highest BCUT2D eigenvalue weighted by Crippen LogP contribution is 2.24. The predicted molar refractivity (Wildman–Crippen MR) is 71.7 cm³/mol. The number of benzene rings is 1. The molecule has 1 aromatic rings. The average molecular weight is 231 g/mol. The lowest BCUT2D eigenvalue weighted by Crippen LogP contribution is -2.01. The van der Waals surface area contributed by atoms with Gasteiger partial charge in [0, 0.05) is 24.2 Å². The predicted octanol–water partition coefficient (Wildman–Crippen LogP) is 3.66. The Morgan fingerprint density at radius 3 is 3.00 bits per heavy atom. The quantitative estimate of drug-likeness (QED) is 0.783. The van der Waals surface area contributed by atoms with Gasteiger partial charge in [-0.15, -0.1) is 0 Å². The summed E-state index contributed by atoms with van der Waals surface area (Å²) in [7, 11) is 0. The van der Waals surface area contributed by atoms with Gasteiger partial charge in [0.05, 0.1) is 0 Å². The third-order valence-corrected chi connectivity index (χ3v) is 3.33. The van der Waals surface area contributed by atoms with Crippen molar-refractivity contribution >= 4 is 11.5 Å². The highest BCUT2D eigenvalue weighted by Gasteiger charge is 2.13. The first kappa shape index (κ1) is 12.2. The van der Waals surface area contributed by atoms with Gasteiger partial charge in [-0.3, -0.25) is 4.79 Å². The summed E-state index contributed by atoms with van der Waals surface area (Å²) in [6.07, 6.45) is 3.89. The first-order valence-corrected chi connectivity index (χ1v) is 6.57. The van der Waals surface area contributed by atoms with Gasteiger partial charge >= 0.3 is 0 Å². The standard InChI is InChI=1S/C15H21NO/c1-11(2)4-3-5-15(17)13-7-6-12-8-9-16-14(12)10-13/h6-7,10-11,16H,3-5,8-9H2,1-2H3. The molecule has 0 radical (unpaired) electrons. The van der Waals surface area contributed by atoms with Crippen LogP contribution in [-0.4, -0.2) is 12.3 Å². The molecule has 1 aromatic carbocycles. The van der Waals surface area contributed by atoms with Crippen molar-refractivity contribution in [2.24, 2.45) is 5.92 Å². The Morgan fingerprint density at radius 2 is 2.24 bits per heavy atom. The van der Waals surface area contributed by atoms with Crippen molar-refractivity contribution in [1.29, 1.82) is 0 Å². The molecule has 1 heterocycles. The molecule has 0 aromatic heterocycles. The Labute approximate surface area is 103 Å². The number of Topliss-reactive ketones (excluding diaryl/α,β-unsaturated/α-hetero) is 1. The maximum Gasteiger partial charge on any atom is 0.162 e. The molecule has 0 spiro atoms. The lowest BCUT2D eigenvalue weighted by atomic mass is 10.00. The van der Waals surface area contributed by atoms with E-state index in [-0.39, 0.29) is 5.78 Å². The second-order valence-corrected chi connectivity index (χ2v) is 5.26. The minimum Gasteiger partial charge on any atom is -0.384 e. The Kier molecular flexibility index (Phi) is 3.82. The van der Waals surface area contributed by atoms with Crippen LogP contribution in [0.15, 0.2) is 18.2 Å². The zero-order valence-electron chi connectivity index (χ0n) is 10.8. The zero-order valence-corrected chi connectivity index (χ0v) is 10.8. The van der Waals surface area contributed by atoms with Gasteiger partial charge in [-0.1, -0.05) is 32.4 Å². The number of hydrogen-bond donors (Lipinski definition) is 1. The minimum atomic E-state index is 0.280. The molecule has 17 heavy (non-hydrogen) atoms. The van der Waals surface area contributed by atoms with Crippen LogP contribution in [0.1, 0.15) is 49.0 Å². The molecule has 0 amide bonds. The summed E-state index contributed by atoms with van der Waals surface area (Å²) in [4.78, 5) is 12.0. The molecule has 92 valence electrons. The SMILES string of the molecule is CC(C)CCCC(=O)c1ccc2c(c1)NCC2. The molecule has 2 rings (SSSR count). The van der Waals surface area contributed by atoms with Crippen LogP contribution in [0.3, 0.4) is 0 Å². The molecule has 1 aliphatic rings. The first-order chi connectivity index (χ1) is 8.16. The molecule has 0 aliphatic carbocycles. The third-order valence-electron chi connectivity index (χ3n) is 3.33. The van der Waals surface area contributed by atoms with Gasteiger partial charge in [-0.05, 0) is 30.4 Å². The molecule has 0 fully saturated rings. The molecule has 0 atom stereocenters. The van der Waals surface area contributed by atoms with Crippen LogP contribution in [0.25, 0.3) is 0 Å². The molecule has 1 aliphatic heterocycles. The molecular formula is C15H21NO. The molecule has 2 nitrogen and oxygen atoms in total. The van der Waals surface area contributed by atoms with E-state index in [1.165, 1.54) is 5.56 Å². The number of hydrogen-bond acceptors (Lipinski definition) is 2. The fourth-order valence-corrected chi connectivity index (χ4v) is 2.28. The topological polar surface area (TPSA) is 29.1 Å². The number of carbonyl (C=O) groups excluding carboxylic acids is 1. The van der Waals surface area contributed by atoms with Gasteiger partial charge in [0.1, 0.15) is 0 Å². The van der Waals surface area contributed by atoms with Crippen molar-refractivity contribution < 1.29 is 4.79 Å². The largest absolute Gasteiger partial charge is 0.384 e. The van der Waals surface area contributed by atoms with E-state index >= 15 is 0 Å². The smallest absolute Gasteiger partial charge is 0.162 e. The Hall–Kier alpha value is -1.31. The molecule has 0 saturated heterocycles. The molecule has 0 unspecified atom stereocenters. The van der Waals surface area contributed by atoms with Crippen molar-refractivity contribution in [3.8, 4) is 0 Å². The molecule has 0 bridgehead atoms. The van der Waals surface area contributed by atoms with E-state index in [9.17, 15) is 4.79 Å². The van der Waals surface area contributed by atoms with Crippen molar-refractivity contribution in [2.75, 3.05) is 11.9 Å². The van der Waals surface area contributed by atoms with E-state index in [2.05, 4.69) is 25.2 Å². The number of rotatable bonds is 5. The van der Waals surface area contributed by atoms with Crippen LogP contribution in [0, 0.1) is 5.92 Å². The summed E-state index contributed by atoms with van der Waals surface area (Å²) in [6.45, 7) is 5.40. The van der Waals surface area contributed by atoms with Crippen LogP contribution in [-0.2, 0) is 6.42 Å². The number of anilines is 1. The van der Waals surface area contributed by atoms with Gasteiger partial charge in [0.15, 0.2) is 5.78 Å². The van der Waals surface area contributed by atoms with Crippen molar-refractivity contribution in [3.63, 3.8) is 0 Å². The van der Waals surface area contributed by atoms with Crippen molar-refractivity contribution in [2.45, 2.75) is 39.5 Å². The van der Waals surface area contributed by atoms with E-state index in [4.69, 9.17) is 0 Å². The van der Waals surface area contributed by atoms with Crippen LogP contribution in [0.5, 0.6) is 0 Å². The molecule has 2 heteroatoms. The van der Waals surface area contributed by atoms with Gasteiger partial charge in [-0.25, -0.2) is 0 Å². The van der Waals surface area contributed by atoms with E-state index in [0.29, 0.717) is 12.3 Å². The van der Waals surface area contributed by atoms with Crippen LogP contribution in [0.4, 0.5) is 5.69 Å². The highest BCUT2D eigenvalue weighted by molar-refractivity contribution is 5.97. The summed E-state index contributed by atoms with van der Waals surface area (Å²) < 4.78 is 0. The first-order valence-electron chi connectivity index (χ1n) is 6.57.